The molecule has 0 unspecified atom stereocenters. The van der Waals surface area contributed by atoms with Crippen molar-refractivity contribution in [2.75, 3.05) is 25.5 Å². The number of anilines is 1. The number of ether oxygens (including phenoxy) is 1. The fourth-order valence-corrected chi connectivity index (χ4v) is 2.36. The summed E-state index contributed by atoms with van der Waals surface area (Å²) in [5, 5.41) is 2.91. The number of nitrogens with zero attached hydrogens (tertiary/aromatic N) is 1. The van der Waals surface area contributed by atoms with Crippen LogP contribution in [0.25, 0.3) is 0 Å². The molecule has 1 aromatic carbocycles. The molecule has 1 saturated heterocycles. The second-order valence-electron chi connectivity index (χ2n) is 4.32. The third-order valence-corrected chi connectivity index (χ3v) is 3.75. The van der Waals surface area contributed by atoms with Crippen molar-refractivity contribution in [2.45, 2.75) is 19.3 Å². The molecule has 1 aliphatic heterocycles. The number of rotatable bonds is 2. The Bertz CT molecular complexity index is 431. The lowest BCUT2D eigenvalue weighted by Gasteiger charge is -2.27. The van der Waals surface area contributed by atoms with Crippen molar-refractivity contribution in [1.82, 2.24) is 4.90 Å². The van der Waals surface area contributed by atoms with E-state index in [1.165, 1.54) is 6.42 Å². The van der Waals surface area contributed by atoms with Crippen molar-refractivity contribution in [3.8, 4) is 5.75 Å². The molecule has 18 heavy (non-hydrogen) atoms. The Balaban J connectivity index is 2.05. The minimum atomic E-state index is -0.0383. The highest BCUT2D eigenvalue weighted by atomic mass is 79.9. The summed E-state index contributed by atoms with van der Waals surface area (Å²) < 4.78 is 6.01. The van der Waals surface area contributed by atoms with Crippen LogP contribution in [0, 0.1) is 0 Å². The van der Waals surface area contributed by atoms with E-state index in [9.17, 15) is 4.79 Å². The third-order valence-electron chi connectivity index (χ3n) is 3.06. The zero-order chi connectivity index (χ0) is 13.0. The fraction of sp³-hybridized carbons (Fsp3) is 0.462. The molecule has 0 bridgehead atoms. The van der Waals surface area contributed by atoms with Crippen LogP contribution in [-0.4, -0.2) is 31.1 Å². The molecule has 1 N–H and O–H groups in total. The first-order chi connectivity index (χ1) is 8.70. The van der Waals surface area contributed by atoms with Gasteiger partial charge in [0.25, 0.3) is 0 Å². The third kappa shape index (κ3) is 3.16. The minimum absolute atomic E-state index is 0.0383. The summed E-state index contributed by atoms with van der Waals surface area (Å²) in [5.41, 5.74) is 0.741. The number of carbonyl (C=O) groups excluding carboxylic acids is 1. The zero-order valence-corrected chi connectivity index (χ0v) is 12.0. The van der Waals surface area contributed by atoms with Gasteiger partial charge in [-0.15, -0.1) is 0 Å². The van der Waals surface area contributed by atoms with Crippen molar-refractivity contribution in [3.63, 3.8) is 0 Å². The average Bonchev–Trinajstić information content (AvgIpc) is 2.42. The molecule has 2 rings (SSSR count). The van der Waals surface area contributed by atoms with Gasteiger partial charge in [0.2, 0.25) is 0 Å². The number of methoxy groups -OCH3 is 1. The smallest absolute Gasteiger partial charge is 0.321 e. The van der Waals surface area contributed by atoms with Crippen LogP contribution in [0.1, 0.15) is 19.3 Å². The number of hydrogen-bond donors (Lipinski definition) is 1. The predicted octanol–water partition coefficient (Wildman–Crippen LogP) is 3.48. The van der Waals surface area contributed by atoms with E-state index < -0.39 is 0 Å². The molecule has 0 saturated carbocycles. The summed E-state index contributed by atoms with van der Waals surface area (Å²) in [6.07, 6.45) is 3.39. The monoisotopic (exact) mass is 312 g/mol. The molecule has 0 radical (unpaired) electrons. The Kier molecular flexibility index (Phi) is 4.47. The van der Waals surface area contributed by atoms with Crippen LogP contribution in [0.3, 0.4) is 0 Å². The van der Waals surface area contributed by atoms with E-state index in [1.54, 1.807) is 7.11 Å². The molecule has 1 fully saturated rings. The van der Waals surface area contributed by atoms with Gasteiger partial charge in [0.1, 0.15) is 5.75 Å². The van der Waals surface area contributed by atoms with Gasteiger partial charge in [0.15, 0.2) is 0 Å². The lowest BCUT2D eigenvalue weighted by molar-refractivity contribution is 0.200. The quantitative estimate of drug-likeness (QED) is 0.908. The Morgan fingerprint density at radius 3 is 2.72 bits per heavy atom. The van der Waals surface area contributed by atoms with Crippen molar-refractivity contribution in [3.05, 3.63) is 22.7 Å². The molecule has 2 amide bonds. The second-order valence-corrected chi connectivity index (χ2v) is 5.18. The molecule has 98 valence electrons. The maximum Gasteiger partial charge on any atom is 0.321 e. The molecule has 0 aliphatic carbocycles. The first-order valence-electron chi connectivity index (χ1n) is 6.10. The van der Waals surface area contributed by atoms with Gasteiger partial charge in [-0.2, -0.15) is 0 Å². The van der Waals surface area contributed by atoms with E-state index in [0.29, 0.717) is 0 Å². The zero-order valence-electron chi connectivity index (χ0n) is 10.4. The Morgan fingerprint density at radius 2 is 2.06 bits per heavy atom. The van der Waals surface area contributed by atoms with Crippen molar-refractivity contribution >= 4 is 27.6 Å². The lowest BCUT2D eigenvalue weighted by Crippen LogP contribution is -2.38. The number of benzene rings is 1. The number of amides is 2. The molecule has 1 heterocycles. The largest absolute Gasteiger partial charge is 0.497 e. The van der Waals surface area contributed by atoms with Crippen LogP contribution < -0.4 is 10.1 Å². The molecular weight excluding hydrogens is 296 g/mol. The van der Waals surface area contributed by atoms with Gasteiger partial charge in [-0.1, -0.05) is 0 Å². The molecule has 0 aromatic heterocycles. The van der Waals surface area contributed by atoms with Crippen LogP contribution in [0.2, 0.25) is 0 Å². The molecule has 0 spiro atoms. The number of likely N-dealkylation sites (tertiary alicyclic amines) is 1. The van der Waals surface area contributed by atoms with Crippen LogP contribution >= 0.6 is 15.9 Å². The Labute approximate surface area is 115 Å². The normalized spacial score (nSPS) is 15.3. The minimum Gasteiger partial charge on any atom is -0.497 e. The molecular formula is C13H17BrN2O2. The molecule has 1 aliphatic rings. The maximum atomic E-state index is 12.1. The van der Waals surface area contributed by atoms with Crippen LogP contribution in [-0.2, 0) is 0 Å². The van der Waals surface area contributed by atoms with Crippen molar-refractivity contribution in [2.24, 2.45) is 0 Å². The van der Waals surface area contributed by atoms with Gasteiger partial charge in [-0.3, -0.25) is 0 Å². The molecule has 0 atom stereocenters. The summed E-state index contributed by atoms with van der Waals surface area (Å²) in [5.74, 6) is 0.729. The van der Waals surface area contributed by atoms with Gasteiger partial charge in [0, 0.05) is 23.6 Å². The van der Waals surface area contributed by atoms with Crippen molar-refractivity contribution < 1.29 is 9.53 Å². The standard InChI is InChI=1S/C13H17BrN2O2/c1-18-10-5-6-11(14)12(9-10)15-13(17)16-7-3-2-4-8-16/h5-6,9H,2-4,7-8H2,1H3,(H,15,17). The molecule has 1 aromatic rings. The fourth-order valence-electron chi connectivity index (χ4n) is 2.02. The first kappa shape index (κ1) is 13.2. The first-order valence-corrected chi connectivity index (χ1v) is 6.89. The summed E-state index contributed by atoms with van der Waals surface area (Å²) in [6, 6.07) is 5.49. The number of carbonyl (C=O) groups is 1. The highest BCUT2D eigenvalue weighted by Gasteiger charge is 2.17. The summed E-state index contributed by atoms with van der Waals surface area (Å²) in [6.45, 7) is 1.68. The van der Waals surface area contributed by atoms with E-state index in [4.69, 9.17) is 4.74 Å². The average molecular weight is 313 g/mol. The van der Waals surface area contributed by atoms with E-state index in [2.05, 4.69) is 21.2 Å². The SMILES string of the molecule is COc1ccc(Br)c(NC(=O)N2CCCCC2)c1. The number of urea groups is 1. The van der Waals surface area contributed by atoms with E-state index in [-0.39, 0.29) is 6.03 Å². The number of hydrogen-bond acceptors (Lipinski definition) is 2. The maximum absolute atomic E-state index is 12.1. The van der Waals surface area contributed by atoms with Crippen LogP contribution in [0.4, 0.5) is 10.5 Å². The number of nitrogens with one attached hydrogen (secondary N) is 1. The number of piperidine rings is 1. The van der Waals surface area contributed by atoms with E-state index >= 15 is 0 Å². The van der Waals surface area contributed by atoms with E-state index in [0.717, 1.165) is 41.8 Å². The molecule has 5 heteroatoms. The van der Waals surface area contributed by atoms with Crippen molar-refractivity contribution in [1.29, 1.82) is 0 Å². The summed E-state index contributed by atoms with van der Waals surface area (Å²) >= 11 is 3.42. The number of halogens is 1. The Hall–Kier alpha value is -1.23. The molecule has 4 nitrogen and oxygen atoms in total. The highest BCUT2D eigenvalue weighted by Crippen LogP contribution is 2.27. The topological polar surface area (TPSA) is 41.6 Å². The van der Waals surface area contributed by atoms with Gasteiger partial charge in [-0.05, 0) is 47.3 Å². The second kappa shape index (κ2) is 6.09. The van der Waals surface area contributed by atoms with Crippen LogP contribution in [0.5, 0.6) is 5.75 Å². The lowest BCUT2D eigenvalue weighted by atomic mass is 10.1. The Morgan fingerprint density at radius 1 is 1.33 bits per heavy atom. The summed E-state index contributed by atoms with van der Waals surface area (Å²) in [7, 11) is 1.61. The van der Waals surface area contributed by atoms with Crippen LogP contribution in [0.15, 0.2) is 22.7 Å². The summed E-state index contributed by atoms with van der Waals surface area (Å²) in [4.78, 5) is 13.9. The van der Waals surface area contributed by atoms with E-state index in [1.807, 2.05) is 23.1 Å². The predicted molar refractivity (Wildman–Crippen MR) is 75.1 cm³/mol. The highest BCUT2D eigenvalue weighted by molar-refractivity contribution is 9.10. The van der Waals surface area contributed by atoms with Gasteiger partial charge >= 0.3 is 6.03 Å². The van der Waals surface area contributed by atoms with Gasteiger partial charge < -0.3 is 15.0 Å². The van der Waals surface area contributed by atoms with Gasteiger partial charge in [0.05, 0.1) is 12.8 Å². The van der Waals surface area contributed by atoms with Gasteiger partial charge in [-0.25, -0.2) is 4.79 Å².